The summed E-state index contributed by atoms with van der Waals surface area (Å²) in [5.74, 6) is 0.00181. The number of aryl methyl sites for hydroxylation is 3. The molecule has 6 heteroatoms. The average Bonchev–Trinajstić information content (AvgIpc) is 2.87. The van der Waals surface area contributed by atoms with Gasteiger partial charge in [0, 0.05) is 20.3 Å². The van der Waals surface area contributed by atoms with Gasteiger partial charge in [-0.3, -0.25) is 9.48 Å². The van der Waals surface area contributed by atoms with Crippen LogP contribution < -0.4 is 0 Å². The van der Waals surface area contributed by atoms with Gasteiger partial charge in [0.15, 0.2) is 5.78 Å². The molecular formula is C12H15BrN4O. The maximum atomic E-state index is 12.1. The number of nitrogens with zero attached hydrogens (tertiary/aromatic N) is 4. The molecule has 0 spiro atoms. The predicted octanol–water partition coefficient (Wildman–Crippen LogP) is 1.90. The minimum Gasteiger partial charge on any atom is -0.340 e. The third-order valence-electron chi connectivity index (χ3n) is 2.82. The predicted molar refractivity (Wildman–Crippen MR) is 71.5 cm³/mol. The van der Waals surface area contributed by atoms with E-state index in [1.54, 1.807) is 21.8 Å². The Morgan fingerprint density at radius 1 is 1.44 bits per heavy atom. The highest BCUT2D eigenvalue weighted by Crippen LogP contribution is 2.22. The molecule has 0 aliphatic rings. The van der Waals surface area contributed by atoms with Crippen LogP contribution in [0.2, 0.25) is 0 Å². The lowest BCUT2D eigenvalue weighted by Crippen LogP contribution is -2.08. The van der Waals surface area contributed by atoms with E-state index in [4.69, 9.17) is 0 Å². The zero-order valence-electron chi connectivity index (χ0n) is 10.6. The number of Topliss-reactive ketones (excluding diaryl/α,β-unsaturated/α-hetero) is 1. The second-order valence-corrected chi connectivity index (χ2v) is 5.00. The number of rotatable bonds is 4. The van der Waals surface area contributed by atoms with Crippen molar-refractivity contribution in [3.8, 4) is 0 Å². The molecule has 0 amide bonds. The van der Waals surface area contributed by atoms with Crippen LogP contribution in [-0.2, 0) is 26.9 Å². The quantitative estimate of drug-likeness (QED) is 0.811. The Kier molecular flexibility index (Phi) is 3.65. The van der Waals surface area contributed by atoms with E-state index < -0.39 is 0 Å². The van der Waals surface area contributed by atoms with Crippen LogP contribution in [0, 0.1) is 0 Å². The molecule has 0 aliphatic heterocycles. The van der Waals surface area contributed by atoms with Crippen LogP contribution in [0.15, 0.2) is 17.0 Å². The third-order valence-corrected chi connectivity index (χ3v) is 3.74. The van der Waals surface area contributed by atoms with E-state index in [0.29, 0.717) is 12.1 Å². The Bertz CT molecular complexity index is 585. The highest BCUT2D eigenvalue weighted by atomic mass is 79.9. The van der Waals surface area contributed by atoms with Gasteiger partial charge in [-0.1, -0.05) is 6.92 Å². The molecule has 0 unspecified atom stereocenters. The number of halogens is 1. The van der Waals surface area contributed by atoms with Crippen LogP contribution in [-0.4, -0.2) is 25.1 Å². The number of aromatic nitrogens is 4. The van der Waals surface area contributed by atoms with Crippen LogP contribution in [0.4, 0.5) is 0 Å². The summed E-state index contributed by atoms with van der Waals surface area (Å²) in [6.45, 7) is 2.04. The second-order valence-electron chi connectivity index (χ2n) is 4.21. The van der Waals surface area contributed by atoms with Crippen molar-refractivity contribution >= 4 is 21.7 Å². The number of carbonyl (C=O) groups is 1. The summed E-state index contributed by atoms with van der Waals surface area (Å²) in [7, 11) is 3.70. The summed E-state index contributed by atoms with van der Waals surface area (Å²) in [5.41, 5.74) is 2.35. The molecule has 2 rings (SSSR count). The smallest absolute Gasteiger partial charge is 0.188 e. The van der Waals surface area contributed by atoms with Crippen molar-refractivity contribution in [2.24, 2.45) is 14.1 Å². The molecule has 0 saturated carbocycles. The van der Waals surface area contributed by atoms with Crippen molar-refractivity contribution in [1.82, 2.24) is 19.3 Å². The summed E-state index contributed by atoms with van der Waals surface area (Å²) in [6.07, 6.45) is 4.50. The third kappa shape index (κ3) is 2.38. The van der Waals surface area contributed by atoms with Crippen molar-refractivity contribution in [2.75, 3.05) is 0 Å². The van der Waals surface area contributed by atoms with Crippen molar-refractivity contribution in [3.05, 3.63) is 34.1 Å². The van der Waals surface area contributed by atoms with Crippen molar-refractivity contribution < 1.29 is 4.79 Å². The summed E-state index contributed by atoms with van der Waals surface area (Å²) < 4.78 is 4.45. The lowest BCUT2D eigenvalue weighted by molar-refractivity contribution is 0.0986. The summed E-state index contributed by atoms with van der Waals surface area (Å²) in [6, 6.07) is 0. The van der Waals surface area contributed by atoms with Crippen LogP contribution >= 0.6 is 15.9 Å². The fourth-order valence-corrected chi connectivity index (χ4v) is 2.57. The fraction of sp³-hybridized carbons (Fsp3) is 0.417. The normalized spacial score (nSPS) is 10.9. The standard InChI is InChI=1S/C12H15BrN4O/c1-4-8-12(13)10(17(3)15-8)5-11(18)9-6-16(2)7-14-9/h6-7H,4-5H2,1-3H3. The molecule has 2 aromatic heterocycles. The van der Waals surface area contributed by atoms with Crippen molar-refractivity contribution in [2.45, 2.75) is 19.8 Å². The van der Waals surface area contributed by atoms with Crippen LogP contribution in [0.5, 0.6) is 0 Å². The van der Waals surface area contributed by atoms with Gasteiger partial charge in [-0.05, 0) is 22.4 Å². The second kappa shape index (κ2) is 5.06. The Labute approximate surface area is 114 Å². The number of hydrogen-bond acceptors (Lipinski definition) is 3. The van der Waals surface area contributed by atoms with Crippen LogP contribution in [0.3, 0.4) is 0 Å². The average molecular weight is 311 g/mol. The summed E-state index contributed by atoms with van der Waals surface area (Å²) in [5, 5.41) is 4.37. The topological polar surface area (TPSA) is 52.7 Å². The maximum Gasteiger partial charge on any atom is 0.188 e. The van der Waals surface area contributed by atoms with E-state index in [9.17, 15) is 4.79 Å². The molecule has 2 heterocycles. The SMILES string of the molecule is CCc1nn(C)c(CC(=O)c2cn(C)cn2)c1Br. The highest BCUT2D eigenvalue weighted by Gasteiger charge is 2.17. The van der Waals surface area contributed by atoms with Crippen molar-refractivity contribution in [3.63, 3.8) is 0 Å². The zero-order valence-corrected chi connectivity index (χ0v) is 12.2. The Morgan fingerprint density at radius 2 is 2.17 bits per heavy atom. The van der Waals surface area contributed by atoms with Crippen LogP contribution in [0.1, 0.15) is 28.8 Å². The van der Waals surface area contributed by atoms with Crippen LogP contribution in [0.25, 0.3) is 0 Å². The van der Waals surface area contributed by atoms with Gasteiger partial charge in [0.05, 0.1) is 28.6 Å². The molecule has 18 heavy (non-hydrogen) atoms. The highest BCUT2D eigenvalue weighted by molar-refractivity contribution is 9.10. The molecule has 0 saturated heterocycles. The molecule has 5 nitrogen and oxygen atoms in total. The molecule has 0 radical (unpaired) electrons. The molecule has 2 aromatic rings. The largest absolute Gasteiger partial charge is 0.340 e. The van der Waals surface area contributed by atoms with E-state index in [-0.39, 0.29) is 5.78 Å². The Morgan fingerprint density at radius 3 is 2.67 bits per heavy atom. The number of hydrogen-bond donors (Lipinski definition) is 0. The molecule has 0 atom stereocenters. The first-order valence-electron chi connectivity index (χ1n) is 5.74. The monoisotopic (exact) mass is 310 g/mol. The van der Waals surface area contributed by atoms with Gasteiger partial charge in [-0.25, -0.2) is 4.98 Å². The number of imidazole rings is 1. The van der Waals surface area contributed by atoms with Gasteiger partial charge in [0.1, 0.15) is 5.69 Å². The zero-order chi connectivity index (χ0) is 13.3. The lowest BCUT2D eigenvalue weighted by Gasteiger charge is -2.00. The van der Waals surface area contributed by atoms with E-state index >= 15 is 0 Å². The molecule has 0 N–H and O–H groups in total. The number of carbonyl (C=O) groups excluding carboxylic acids is 1. The summed E-state index contributed by atoms with van der Waals surface area (Å²) >= 11 is 3.51. The molecular weight excluding hydrogens is 296 g/mol. The van der Waals surface area contributed by atoms with E-state index in [0.717, 1.165) is 22.3 Å². The summed E-state index contributed by atoms with van der Waals surface area (Å²) in [4.78, 5) is 16.2. The van der Waals surface area contributed by atoms with E-state index in [1.807, 2.05) is 21.0 Å². The Hall–Kier alpha value is -1.43. The van der Waals surface area contributed by atoms with Gasteiger partial charge in [-0.15, -0.1) is 0 Å². The lowest BCUT2D eigenvalue weighted by atomic mass is 10.1. The Balaban J connectivity index is 2.24. The number of ketones is 1. The van der Waals surface area contributed by atoms with Gasteiger partial charge in [0.25, 0.3) is 0 Å². The molecule has 0 bridgehead atoms. The van der Waals surface area contributed by atoms with Gasteiger partial charge >= 0.3 is 0 Å². The molecule has 96 valence electrons. The first kappa shape index (κ1) is 13.0. The maximum absolute atomic E-state index is 12.1. The minimum absolute atomic E-state index is 0.00181. The first-order chi connectivity index (χ1) is 8.52. The minimum atomic E-state index is 0.00181. The van der Waals surface area contributed by atoms with E-state index in [2.05, 4.69) is 26.0 Å². The molecule has 0 fully saturated rings. The first-order valence-corrected chi connectivity index (χ1v) is 6.53. The van der Waals surface area contributed by atoms with Gasteiger partial charge < -0.3 is 4.57 Å². The van der Waals surface area contributed by atoms with E-state index in [1.165, 1.54) is 0 Å². The van der Waals surface area contributed by atoms with Gasteiger partial charge in [0.2, 0.25) is 0 Å². The fourth-order valence-electron chi connectivity index (χ4n) is 1.81. The molecule has 0 aliphatic carbocycles. The van der Waals surface area contributed by atoms with Gasteiger partial charge in [-0.2, -0.15) is 5.10 Å². The molecule has 0 aromatic carbocycles. The van der Waals surface area contributed by atoms with Crippen molar-refractivity contribution in [1.29, 1.82) is 0 Å².